The van der Waals surface area contributed by atoms with Crippen LogP contribution >= 0.6 is 7.75 Å². The van der Waals surface area contributed by atoms with Gasteiger partial charge in [-0.05, 0) is 36.4 Å². The Hall–Kier alpha value is -3.64. The molecule has 0 saturated carbocycles. The van der Waals surface area contributed by atoms with Crippen LogP contribution < -0.4 is 23.7 Å². The van der Waals surface area contributed by atoms with Crippen molar-refractivity contribution in [2.45, 2.75) is 0 Å². The number of methoxy groups -OCH3 is 2. The summed E-state index contributed by atoms with van der Waals surface area (Å²) in [7, 11) is -0.988. The van der Waals surface area contributed by atoms with Gasteiger partial charge >= 0.3 is 7.75 Å². The minimum atomic E-state index is -4.02. The number of phenolic OH excluding ortho intramolecular Hbond substituents is 1. The van der Waals surface area contributed by atoms with Gasteiger partial charge in [0.25, 0.3) is 0 Å². The molecule has 0 heterocycles. The van der Waals surface area contributed by atoms with E-state index in [1.165, 1.54) is 26.5 Å². The predicted octanol–water partition coefficient (Wildman–Crippen LogP) is 4.60. The third kappa shape index (κ3) is 5.68. The molecule has 0 bridgehead atoms. The van der Waals surface area contributed by atoms with Crippen molar-refractivity contribution in [3.8, 4) is 28.7 Å². The van der Waals surface area contributed by atoms with E-state index >= 15 is 0 Å². The molecule has 0 aromatic heterocycles. The van der Waals surface area contributed by atoms with Crippen LogP contribution in [0.5, 0.6) is 28.7 Å². The van der Waals surface area contributed by atoms with E-state index in [1.54, 1.807) is 66.7 Å². The molecule has 0 amide bonds. The van der Waals surface area contributed by atoms with E-state index in [0.29, 0.717) is 17.1 Å². The molecule has 0 aliphatic carbocycles. The Labute approximate surface area is 174 Å². The number of hydrazone groups is 1. The monoisotopic (exact) mass is 428 g/mol. The molecule has 3 rings (SSSR count). The van der Waals surface area contributed by atoms with Gasteiger partial charge in [-0.1, -0.05) is 24.3 Å². The first-order chi connectivity index (χ1) is 14.5. The van der Waals surface area contributed by atoms with Crippen molar-refractivity contribution in [1.82, 2.24) is 5.20 Å². The molecule has 156 valence electrons. The maximum Gasteiger partial charge on any atom is 0.557 e. The fourth-order valence-corrected chi connectivity index (χ4v) is 3.52. The Morgan fingerprint density at radius 2 is 1.37 bits per heavy atom. The summed E-state index contributed by atoms with van der Waals surface area (Å²) in [6.07, 6.45) is 1.31. The van der Waals surface area contributed by atoms with Crippen LogP contribution in [0.3, 0.4) is 0 Å². The number of para-hydroxylation sites is 1. The first-order valence-corrected chi connectivity index (χ1v) is 10.4. The number of rotatable bonds is 9. The molecule has 2 N–H and O–H groups in total. The molecular weight excluding hydrogens is 407 g/mol. The van der Waals surface area contributed by atoms with Crippen molar-refractivity contribution in [2.24, 2.45) is 5.10 Å². The zero-order valence-electron chi connectivity index (χ0n) is 16.4. The Bertz CT molecular complexity index is 1020. The molecule has 3 aromatic rings. The maximum absolute atomic E-state index is 13.4. The average Bonchev–Trinajstić information content (AvgIpc) is 2.75. The maximum atomic E-state index is 13.4. The molecule has 0 spiro atoms. The van der Waals surface area contributed by atoms with Gasteiger partial charge in [0.15, 0.2) is 0 Å². The summed E-state index contributed by atoms with van der Waals surface area (Å²) in [5.41, 5.74) is 0.430. The summed E-state index contributed by atoms with van der Waals surface area (Å²) < 4.78 is 35.0. The van der Waals surface area contributed by atoms with Gasteiger partial charge in [0.2, 0.25) is 0 Å². The summed E-state index contributed by atoms with van der Waals surface area (Å²) in [5, 5.41) is 16.2. The molecule has 0 fully saturated rings. The topological polar surface area (TPSA) is 98.6 Å². The Balaban J connectivity index is 1.86. The van der Waals surface area contributed by atoms with Crippen molar-refractivity contribution >= 4 is 14.0 Å². The van der Waals surface area contributed by atoms with Gasteiger partial charge in [-0.2, -0.15) is 10.3 Å². The van der Waals surface area contributed by atoms with Crippen molar-refractivity contribution in [2.75, 3.05) is 14.2 Å². The standard InChI is InChI=1S/C21H21N2O6P/c1-26-17-8-5-10-19(13-17)28-30(25,29-20-11-6-9-18(14-20)27-2)23-22-15-16-7-3-4-12-21(16)24/h3-15,24H,1-2H3,(H,23,25)/b22-15+. The number of hydrogen-bond donors (Lipinski definition) is 2. The summed E-state index contributed by atoms with van der Waals surface area (Å²) in [4.78, 5) is 0. The second-order valence-corrected chi connectivity index (χ2v) is 7.52. The van der Waals surface area contributed by atoms with Crippen LogP contribution in [0.25, 0.3) is 0 Å². The normalized spacial score (nSPS) is 11.1. The fraction of sp³-hybridized carbons (Fsp3) is 0.0952. The van der Waals surface area contributed by atoms with Gasteiger partial charge in [0, 0.05) is 17.7 Å². The molecule has 0 radical (unpaired) electrons. The van der Waals surface area contributed by atoms with Crippen LogP contribution in [0, 0.1) is 0 Å². The van der Waals surface area contributed by atoms with E-state index in [-0.39, 0.29) is 17.2 Å². The Kier molecular flexibility index (Phi) is 6.83. The molecule has 0 aliphatic rings. The van der Waals surface area contributed by atoms with Crippen molar-refractivity contribution in [1.29, 1.82) is 0 Å². The average molecular weight is 428 g/mol. The predicted molar refractivity (Wildman–Crippen MR) is 114 cm³/mol. The van der Waals surface area contributed by atoms with Crippen LogP contribution in [0.2, 0.25) is 0 Å². The number of phenols is 1. The SMILES string of the molecule is COc1cccc(OP(=O)(N/N=C/c2ccccc2O)Oc2cccc(OC)c2)c1. The number of benzene rings is 3. The van der Waals surface area contributed by atoms with E-state index in [1.807, 2.05) is 0 Å². The first kappa shape index (κ1) is 21.1. The first-order valence-electron chi connectivity index (χ1n) is 8.87. The lowest BCUT2D eigenvalue weighted by Gasteiger charge is -2.19. The summed E-state index contributed by atoms with van der Waals surface area (Å²) in [6, 6.07) is 19.8. The largest absolute Gasteiger partial charge is 0.557 e. The number of hydrogen-bond acceptors (Lipinski definition) is 7. The molecule has 0 aliphatic heterocycles. The van der Waals surface area contributed by atoms with Crippen LogP contribution in [0.1, 0.15) is 5.56 Å². The van der Waals surface area contributed by atoms with Crippen molar-refractivity contribution < 1.29 is 28.2 Å². The number of nitrogens with one attached hydrogen (secondary N) is 1. The van der Waals surface area contributed by atoms with Gasteiger partial charge in [0.1, 0.15) is 28.7 Å². The van der Waals surface area contributed by atoms with Crippen molar-refractivity contribution in [3.63, 3.8) is 0 Å². The molecule has 8 nitrogen and oxygen atoms in total. The highest BCUT2D eigenvalue weighted by molar-refractivity contribution is 7.52. The Morgan fingerprint density at radius 1 is 0.833 bits per heavy atom. The molecular formula is C21H21N2O6P. The minimum Gasteiger partial charge on any atom is -0.507 e. The highest BCUT2D eigenvalue weighted by atomic mass is 31.2. The molecule has 30 heavy (non-hydrogen) atoms. The lowest BCUT2D eigenvalue weighted by molar-refractivity contribution is 0.367. The molecule has 3 aromatic carbocycles. The van der Waals surface area contributed by atoms with E-state index in [4.69, 9.17) is 18.5 Å². The summed E-state index contributed by atoms with van der Waals surface area (Å²) >= 11 is 0. The number of ether oxygens (including phenoxy) is 2. The van der Waals surface area contributed by atoms with Crippen LogP contribution in [-0.4, -0.2) is 25.5 Å². The second-order valence-electron chi connectivity index (χ2n) is 5.96. The molecule has 0 unspecified atom stereocenters. The van der Waals surface area contributed by atoms with Crippen LogP contribution in [0.4, 0.5) is 0 Å². The van der Waals surface area contributed by atoms with E-state index < -0.39 is 7.75 Å². The Morgan fingerprint density at radius 3 is 1.90 bits per heavy atom. The highest BCUT2D eigenvalue weighted by Crippen LogP contribution is 2.45. The van der Waals surface area contributed by atoms with Gasteiger partial charge in [-0.15, -0.1) is 0 Å². The zero-order chi connectivity index (χ0) is 21.4. The lowest BCUT2D eigenvalue weighted by atomic mass is 10.2. The fourth-order valence-electron chi connectivity index (χ4n) is 2.42. The third-order valence-corrected chi connectivity index (χ3v) is 5.12. The van der Waals surface area contributed by atoms with E-state index in [0.717, 1.165) is 0 Å². The molecule has 0 atom stereocenters. The number of nitrogens with zero attached hydrogens (tertiary/aromatic N) is 1. The van der Waals surface area contributed by atoms with Gasteiger partial charge in [-0.25, -0.2) is 4.57 Å². The van der Waals surface area contributed by atoms with Gasteiger partial charge in [-0.3, -0.25) is 0 Å². The highest BCUT2D eigenvalue weighted by Gasteiger charge is 2.29. The summed E-state index contributed by atoms with van der Waals surface area (Å²) in [5.74, 6) is 1.59. The van der Waals surface area contributed by atoms with Gasteiger partial charge in [0.05, 0.1) is 20.4 Å². The number of aromatic hydroxyl groups is 1. The quantitative estimate of drug-likeness (QED) is 0.292. The third-order valence-electron chi connectivity index (χ3n) is 3.85. The smallest absolute Gasteiger partial charge is 0.507 e. The molecule has 9 heteroatoms. The van der Waals surface area contributed by atoms with Gasteiger partial charge < -0.3 is 23.6 Å². The summed E-state index contributed by atoms with van der Waals surface area (Å²) in [6.45, 7) is 0. The molecule has 0 saturated heterocycles. The zero-order valence-corrected chi connectivity index (χ0v) is 17.3. The lowest BCUT2D eigenvalue weighted by Crippen LogP contribution is -2.14. The minimum absolute atomic E-state index is 0.0281. The van der Waals surface area contributed by atoms with Crippen LogP contribution in [-0.2, 0) is 4.57 Å². The second kappa shape index (κ2) is 9.71. The van der Waals surface area contributed by atoms with Crippen molar-refractivity contribution in [3.05, 3.63) is 78.4 Å². The van der Waals surface area contributed by atoms with E-state index in [9.17, 15) is 9.67 Å². The van der Waals surface area contributed by atoms with E-state index in [2.05, 4.69) is 10.3 Å². The van der Waals surface area contributed by atoms with Crippen LogP contribution in [0.15, 0.2) is 77.9 Å².